The Labute approximate surface area is 166 Å². The molecule has 0 atom stereocenters. The molecule has 0 aliphatic carbocycles. The number of primary sulfonamides is 1. The van der Waals surface area contributed by atoms with Crippen LogP contribution in [-0.4, -0.2) is 23.4 Å². The molecule has 0 radical (unpaired) electrons. The lowest BCUT2D eigenvalue weighted by Gasteiger charge is -2.11. The number of aromatic nitrogens is 3. The summed E-state index contributed by atoms with van der Waals surface area (Å²) in [4.78, 5) is 11.1. The van der Waals surface area contributed by atoms with E-state index in [0.717, 1.165) is 17.1 Å². The molecule has 2 heterocycles. The van der Waals surface area contributed by atoms with Crippen LogP contribution < -0.4 is 15.8 Å². The predicted octanol–water partition coefficient (Wildman–Crippen LogP) is 3.54. The third kappa shape index (κ3) is 4.03. The second-order valence-electron chi connectivity index (χ2n) is 6.45. The molecule has 29 heavy (non-hydrogen) atoms. The van der Waals surface area contributed by atoms with Crippen molar-refractivity contribution >= 4 is 44.1 Å². The first-order valence-electron chi connectivity index (χ1n) is 8.57. The van der Waals surface area contributed by atoms with Gasteiger partial charge in [0.15, 0.2) is 11.6 Å². The van der Waals surface area contributed by atoms with Crippen LogP contribution in [0.5, 0.6) is 0 Å². The van der Waals surface area contributed by atoms with Gasteiger partial charge in [0.25, 0.3) is 0 Å². The number of benzene rings is 2. The van der Waals surface area contributed by atoms with Crippen LogP contribution in [0.4, 0.5) is 27.5 Å². The average Bonchev–Trinajstić information content (AvgIpc) is 3.13. The second kappa shape index (κ2) is 7.15. The van der Waals surface area contributed by atoms with Gasteiger partial charge in [-0.05, 0) is 48.9 Å². The number of H-pyrrole nitrogens is 1. The Kier molecular flexibility index (Phi) is 4.65. The van der Waals surface area contributed by atoms with E-state index < -0.39 is 15.8 Å². The Morgan fingerprint density at radius 3 is 2.62 bits per heavy atom. The molecule has 0 aliphatic heterocycles. The minimum Gasteiger partial charge on any atom is -0.361 e. The number of aromatic amines is 1. The van der Waals surface area contributed by atoms with Gasteiger partial charge < -0.3 is 15.6 Å². The number of hydrogen-bond donors (Lipinski definition) is 4. The molecule has 0 fully saturated rings. The number of nitrogens with one attached hydrogen (secondary N) is 3. The maximum absolute atomic E-state index is 14.2. The molecule has 4 rings (SSSR count). The predicted molar refractivity (Wildman–Crippen MR) is 109 cm³/mol. The summed E-state index contributed by atoms with van der Waals surface area (Å²) in [6.45, 7) is 1.64. The first kappa shape index (κ1) is 18.8. The van der Waals surface area contributed by atoms with Gasteiger partial charge in [0.2, 0.25) is 16.0 Å². The van der Waals surface area contributed by atoms with Gasteiger partial charge in [-0.25, -0.2) is 22.9 Å². The fourth-order valence-corrected chi connectivity index (χ4v) is 3.70. The zero-order valence-electron chi connectivity index (χ0n) is 15.3. The SMILES string of the molecule is Cc1ccc(Nc2ncc(F)c(Nc3ccc4[nH]ccc4c3)n2)cc1S(N)(=O)=O. The number of halogens is 1. The van der Waals surface area contributed by atoms with Crippen LogP contribution in [0.1, 0.15) is 5.56 Å². The standard InChI is InChI=1S/C19H17FN6O2S/c1-11-2-3-14(9-17(11)29(21,27)28)25-19-23-10-15(20)18(26-19)24-13-4-5-16-12(8-13)6-7-22-16/h2-10,22H,1H3,(H2,21,27,28)(H2,23,24,25,26). The van der Waals surface area contributed by atoms with Crippen molar-refractivity contribution in [2.45, 2.75) is 11.8 Å². The molecule has 10 heteroatoms. The highest BCUT2D eigenvalue weighted by Gasteiger charge is 2.13. The number of fused-ring (bicyclic) bond motifs is 1. The third-order valence-electron chi connectivity index (χ3n) is 4.31. The van der Waals surface area contributed by atoms with Crippen LogP contribution in [0.15, 0.2) is 59.8 Å². The molecule has 0 aliphatic rings. The molecule has 4 aromatic rings. The molecule has 8 nitrogen and oxygen atoms in total. The number of anilines is 4. The third-order valence-corrected chi connectivity index (χ3v) is 5.36. The van der Waals surface area contributed by atoms with Crippen LogP contribution in [0.25, 0.3) is 10.9 Å². The first-order chi connectivity index (χ1) is 13.8. The molecule has 0 spiro atoms. The van der Waals surface area contributed by atoms with Crippen LogP contribution in [0.3, 0.4) is 0 Å². The van der Waals surface area contributed by atoms with Crippen molar-refractivity contribution in [1.29, 1.82) is 0 Å². The van der Waals surface area contributed by atoms with Gasteiger partial charge in [0.1, 0.15) is 0 Å². The zero-order chi connectivity index (χ0) is 20.6. The zero-order valence-corrected chi connectivity index (χ0v) is 16.1. The van der Waals surface area contributed by atoms with E-state index in [2.05, 4.69) is 25.6 Å². The summed E-state index contributed by atoms with van der Waals surface area (Å²) in [5, 5.41) is 12.0. The van der Waals surface area contributed by atoms with E-state index in [9.17, 15) is 12.8 Å². The summed E-state index contributed by atoms with van der Waals surface area (Å²) in [6, 6.07) is 12.1. The van der Waals surface area contributed by atoms with E-state index in [1.165, 1.54) is 6.07 Å². The minimum atomic E-state index is -3.87. The van der Waals surface area contributed by atoms with E-state index in [1.807, 2.05) is 24.4 Å². The number of aryl methyl sites for hydroxylation is 1. The summed E-state index contributed by atoms with van der Waals surface area (Å²) >= 11 is 0. The molecule has 0 bridgehead atoms. The molecule has 0 saturated carbocycles. The van der Waals surface area contributed by atoms with E-state index in [0.29, 0.717) is 16.9 Å². The van der Waals surface area contributed by atoms with E-state index in [4.69, 9.17) is 5.14 Å². The molecular weight excluding hydrogens is 395 g/mol. The molecular formula is C19H17FN6O2S. The summed E-state index contributed by atoms with van der Waals surface area (Å²) in [5.74, 6) is -0.546. The number of sulfonamides is 1. The Hall–Kier alpha value is -3.50. The van der Waals surface area contributed by atoms with Gasteiger partial charge in [-0.1, -0.05) is 6.07 Å². The maximum Gasteiger partial charge on any atom is 0.238 e. The van der Waals surface area contributed by atoms with Crippen LogP contribution in [-0.2, 0) is 10.0 Å². The highest BCUT2D eigenvalue weighted by atomic mass is 32.2. The number of hydrogen-bond acceptors (Lipinski definition) is 6. The number of nitrogens with zero attached hydrogens (tertiary/aromatic N) is 2. The largest absolute Gasteiger partial charge is 0.361 e. The van der Waals surface area contributed by atoms with Gasteiger partial charge in [-0.3, -0.25) is 0 Å². The monoisotopic (exact) mass is 412 g/mol. The van der Waals surface area contributed by atoms with Crippen molar-refractivity contribution in [2.75, 3.05) is 10.6 Å². The van der Waals surface area contributed by atoms with E-state index in [-0.39, 0.29) is 16.7 Å². The van der Waals surface area contributed by atoms with Crippen LogP contribution >= 0.6 is 0 Å². The highest BCUT2D eigenvalue weighted by molar-refractivity contribution is 7.89. The number of rotatable bonds is 5. The Balaban J connectivity index is 1.61. The molecule has 0 saturated heterocycles. The fourth-order valence-electron chi connectivity index (χ4n) is 2.90. The van der Waals surface area contributed by atoms with Crippen molar-refractivity contribution in [3.8, 4) is 0 Å². The van der Waals surface area contributed by atoms with Crippen molar-refractivity contribution in [1.82, 2.24) is 15.0 Å². The van der Waals surface area contributed by atoms with Crippen molar-refractivity contribution in [2.24, 2.45) is 5.14 Å². The fraction of sp³-hybridized carbons (Fsp3) is 0.0526. The number of nitrogens with two attached hydrogens (primary N) is 1. The quantitative estimate of drug-likeness (QED) is 0.397. The lowest BCUT2D eigenvalue weighted by Crippen LogP contribution is -2.14. The summed E-state index contributed by atoms with van der Waals surface area (Å²) in [7, 11) is -3.87. The van der Waals surface area contributed by atoms with Crippen molar-refractivity contribution in [3.05, 3.63) is 66.2 Å². The second-order valence-corrected chi connectivity index (χ2v) is 7.97. The molecule has 0 amide bonds. The van der Waals surface area contributed by atoms with Crippen LogP contribution in [0.2, 0.25) is 0 Å². The van der Waals surface area contributed by atoms with Crippen LogP contribution in [0, 0.1) is 12.7 Å². The van der Waals surface area contributed by atoms with Gasteiger partial charge in [0, 0.05) is 28.5 Å². The molecule has 5 N–H and O–H groups in total. The minimum absolute atomic E-state index is 0.0113. The van der Waals surface area contributed by atoms with E-state index >= 15 is 0 Å². The lowest BCUT2D eigenvalue weighted by molar-refractivity contribution is 0.597. The topological polar surface area (TPSA) is 126 Å². The first-order valence-corrected chi connectivity index (χ1v) is 10.1. The van der Waals surface area contributed by atoms with E-state index in [1.54, 1.807) is 25.1 Å². The van der Waals surface area contributed by atoms with Crippen molar-refractivity contribution < 1.29 is 12.8 Å². The Bertz CT molecular complexity index is 1320. The summed E-state index contributed by atoms with van der Waals surface area (Å²) in [5.41, 5.74) is 2.55. The van der Waals surface area contributed by atoms with Gasteiger partial charge in [0.05, 0.1) is 11.1 Å². The van der Waals surface area contributed by atoms with Gasteiger partial charge >= 0.3 is 0 Å². The normalized spacial score (nSPS) is 11.6. The Morgan fingerprint density at radius 2 is 1.83 bits per heavy atom. The Morgan fingerprint density at radius 1 is 1.07 bits per heavy atom. The molecule has 0 unspecified atom stereocenters. The van der Waals surface area contributed by atoms with Gasteiger partial charge in [-0.15, -0.1) is 0 Å². The van der Waals surface area contributed by atoms with Gasteiger partial charge in [-0.2, -0.15) is 4.98 Å². The highest BCUT2D eigenvalue weighted by Crippen LogP contribution is 2.25. The molecule has 2 aromatic heterocycles. The summed E-state index contributed by atoms with van der Waals surface area (Å²) in [6.07, 6.45) is 2.85. The smallest absolute Gasteiger partial charge is 0.238 e. The van der Waals surface area contributed by atoms with Crippen molar-refractivity contribution in [3.63, 3.8) is 0 Å². The molecule has 2 aromatic carbocycles. The maximum atomic E-state index is 14.2. The summed E-state index contributed by atoms with van der Waals surface area (Å²) < 4.78 is 37.6. The average molecular weight is 412 g/mol. The molecule has 148 valence electrons. The lowest BCUT2D eigenvalue weighted by atomic mass is 10.2.